The van der Waals surface area contributed by atoms with E-state index in [1.165, 1.54) is 24.3 Å². The van der Waals surface area contributed by atoms with Gasteiger partial charge in [0.15, 0.2) is 17.9 Å². The molecular weight excluding hydrogens is 393 g/mol. The average Bonchev–Trinajstić information content (AvgIpc) is 2.76. The van der Waals surface area contributed by atoms with Crippen molar-refractivity contribution in [3.8, 4) is 16.9 Å². The summed E-state index contributed by atoms with van der Waals surface area (Å²) in [4.78, 5) is 0. The van der Waals surface area contributed by atoms with Gasteiger partial charge >= 0.3 is 0 Å². The molecule has 2 aromatic rings. The third-order valence-electron chi connectivity index (χ3n) is 5.30. The molecule has 2 atom stereocenters. The lowest BCUT2D eigenvalue weighted by Crippen LogP contribution is -2.27. The van der Waals surface area contributed by atoms with Crippen LogP contribution in [-0.2, 0) is 9.47 Å². The highest BCUT2D eigenvalue weighted by Crippen LogP contribution is 2.35. The second kappa shape index (κ2) is 10.8. The molecule has 0 aliphatic carbocycles. The predicted molar refractivity (Wildman–Crippen MR) is 110 cm³/mol. The maximum atomic E-state index is 14.8. The van der Waals surface area contributed by atoms with Crippen molar-refractivity contribution in [3.05, 3.63) is 53.3 Å². The molecule has 0 N–H and O–H groups in total. The Bertz CT molecular complexity index is 833. The van der Waals surface area contributed by atoms with E-state index < -0.39 is 17.5 Å². The molecule has 2 unspecified atom stereocenters. The highest BCUT2D eigenvalue weighted by Gasteiger charge is 2.25. The molecule has 1 heterocycles. The van der Waals surface area contributed by atoms with Gasteiger partial charge < -0.3 is 14.2 Å². The largest absolute Gasteiger partial charge is 0.490 e. The summed E-state index contributed by atoms with van der Waals surface area (Å²) >= 11 is 0. The molecule has 0 aromatic heterocycles. The van der Waals surface area contributed by atoms with Gasteiger partial charge in [-0.3, -0.25) is 0 Å². The molecule has 1 aliphatic rings. The Balaban J connectivity index is 1.70. The summed E-state index contributed by atoms with van der Waals surface area (Å²) < 4.78 is 60.2. The van der Waals surface area contributed by atoms with Gasteiger partial charge in [0.2, 0.25) is 5.82 Å². The zero-order valence-electron chi connectivity index (χ0n) is 17.6. The van der Waals surface area contributed by atoms with Gasteiger partial charge in [0, 0.05) is 23.7 Å². The van der Waals surface area contributed by atoms with Gasteiger partial charge in [0.25, 0.3) is 0 Å². The van der Waals surface area contributed by atoms with Crippen LogP contribution in [0.1, 0.15) is 57.4 Å². The fourth-order valence-corrected chi connectivity index (χ4v) is 3.55. The van der Waals surface area contributed by atoms with E-state index in [0.29, 0.717) is 19.6 Å². The zero-order chi connectivity index (χ0) is 21.5. The molecular formula is C24H29F3O3. The van der Waals surface area contributed by atoms with Crippen LogP contribution in [0.4, 0.5) is 13.2 Å². The summed E-state index contributed by atoms with van der Waals surface area (Å²) in [5.74, 6) is -2.91. The first-order valence-corrected chi connectivity index (χ1v) is 10.7. The quantitative estimate of drug-likeness (QED) is 0.426. The Morgan fingerprint density at radius 2 is 1.73 bits per heavy atom. The summed E-state index contributed by atoms with van der Waals surface area (Å²) in [5.41, 5.74) is 0.686. The average molecular weight is 422 g/mol. The van der Waals surface area contributed by atoms with Crippen molar-refractivity contribution in [2.75, 3.05) is 19.8 Å². The van der Waals surface area contributed by atoms with Crippen LogP contribution in [0, 0.1) is 17.5 Å². The second-order valence-electron chi connectivity index (χ2n) is 7.59. The van der Waals surface area contributed by atoms with Crippen molar-refractivity contribution >= 4 is 0 Å². The summed E-state index contributed by atoms with van der Waals surface area (Å²) in [6.07, 6.45) is 4.11. The Morgan fingerprint density at radius 1 is 0.933 bits per heavy atom. The van der Waals surface area contributed by atoms with Crippen LogP contribution in [0.5, 0.6) is 5.75 Å². The minimum atomic E-state index is -1.11. The third-order valence-corrected chi connectivity index (χ3v) is 5.30. The van der Waals surface area contributed by atoms with Gasteiger partial charge in [-0.2, -0.15) is 4.39 Å². The minimum absolute atomic E-state index is 0.0229. The smallest absolute Gasteiger partial charge is 0.201 e. The van der Waals surface area contributed by atoms with E-state index in [9.17, 15) is 13.2 Å². The normalized spacial score (nSPS) is 19.1. The fraction of sp³-hybridized carbons (Fsp3) is 0.500. The first-order chi connectivity index (χ1) is 14.5. The number of benzene rings is 2. The molecule has 6 heteroatoms. The van der Waals surface area contributed by atoms with Crippen LogP contribution >= 0.6 is 0 Å². The number of unbranched alkanes of at least 4 members (excludes halogenated alkanes) is 1. The molecule has 3 nitrogen and oxygen atoms in total. The second-order valence-corrected chi connectivity index (χ2v) is 7.59. The number of halogens is 3. The van der Waals surface area contributed by atoms with E-state index >= 15 is 0 Å². The van der Waals surface area contributed by atoms with Crippen molar-refractivity contribution in [2.24, 2.45) is 0 Å². The molecule has 2 aromatic carbocycles. The summed E-state index contributed by atoms with van der Waals surface area (Å²) in [6, 6.07) is 7.33. The number of hydrogen-bond donors (Lipinski definition) is 0. The Hall–Kier alpha value is -2.05. The highest BCUT2D eigenvalue weighted by atomic mass is 19.2. The molecule has 164 valence electrons. The van der Waals surface area contributed by atoms with Gasteiger partial charge in [-0.15, -0.1) is 0 Å². The molecule has 0 amide bonds. The molecule has 3 rings (SSSR count). The standard InChI is InChI=1S/C24H29F3O3/c1-3-5-13-29-22-11-7-17(15-30-22)16-6-8-18(20(25)14-16)19-9-10-21(28-12-4-2)24(27)23(19)26/h6,8-10,14,17,22H,3-5,7,11-13,15H2,1-2H3. The van der Waals surface area contributed by atoms with Crippen LogP contribution in [0.25, 0.3) is 11.1 Å². The van der Waals surface area contributed by atoms with Crippen LogP contribution in [-0.4, -0.2) is 26.1 Å². The van der Waals surface area contributed by atoms with Crippen molar-refractivity contribution in [2.45, 2.75) is 58.2 Å². The summed E-state index contributed by atoms with van der Waals surface area (Å²) in [5, 5.41) is 0. The topological polar surface area (TPSA) is 27.7 Å². The van der Waals surface area contributed by atoms with Gasteiger partial charge in [-0.1, -0.05) is 32.4 Å². The maximum absolute atomic E-state index is 14.8. The SMILES string of the molecule is CCCCOC1CCC(c2ccc(-c3ccc(OCCC)c(F)c3F)c(F)c2)CO1. The highest BCUT2D eigenvalue weighted by molar-refractivity contribution is 5.66. The molecule has 0 bridgehead atoms. The summed E-state index contributed by atoms with van der Waals surface area (Å²) in [7, 11) is 0. The number of rotatable bonds is 9. The summed E-state index contributed by atoms with van der Waals surface area (Å²) in [6.45, 7) is 5.39. The van der Waals surface area contributed by atoms with E-state index in [-0.39, 0.29) is 35.7 Å². The fourth-order valence-electron chi connectivity index (χ4n) is 3.55. The third kappa shape index (κ3) is 5.35. The monoisotopic (exact) mass is 422 g/mol. The first kappa shape index (κ1) is 22.6. The Morgan fingerprint density at radius 3 is 2.40 bits per heavy atom. The van der Waals surface area contributed by atoms with Crippen molar-refractivity contribution < 1.29 is 27.4 Å². The van der Waals surface area contributed by atoms with Gasteiger partial charge in [0.1, 0.15) is 5.82 Å². The number of ether oxygens (including phenoxy) is 3. The molecule has 0 spiro atoms. The predicted octanol–water partition coefficient (Wildman–Crippen LogP) is 6.60. The van der Waals surface area contributed by atoms with E-state index in [0.717, 1.165) is 31.2 Å². The molecule has 30 heavy (non-hydrogen) atoms. The van der Waals surface area contributed by atoms with Gasteiger partial charge in [-0.25, -0.2) is 8.78 Å². The van der Waals surface area contributed by atoms with Crippen molar-refractivity contribution in [1.29, 1.82) is 0 Å². The Labute approximate surface area is 176 Å². The van der Waals surface area contributed by atoms with Crippen molar-refractivity contribution in [3.63, 3.8) is 0 Å². The van der Waals surface area contributed by atoms with Crippen molar-refractivity contribution in [1.82, 2.24) is 0 Å². The molecule has 0 saturated carbocycles. The lowest BCUT2D eigenvalue weighted by molar-refractivity contribution is -0.167. The molecule has 1 fully saturated rings. The maximum Gasteiger partial charge on any atom is 0.201 e. The van der Waals surface area contributed by atoms with Gasteiger partial charge in [-0.05, 0) is 49.4 Å². The molecule has 0 radical (unpaired) electrons. The van der Waals surface area contributed by atoms with E-state index in [4.69, 9.17) is 14.2 Å². The molecule has 1 aliphatic heterocycles. The Kier molecular flexibility index (Phi) is 8.16. The molecule has 1 saturated heterocycles. The van der Waals surface area contributed by atoms with Gasteiger partial charge in [0.05, 0.1) is 13.2 Å². The zero-order valence-corrected chi connectivity index (χ0v) is 17.6. The van der Waals surface area contributed by atoms with E-state index in [1.807, 2.05) is 6.92 Å². The first-order valence-electron chi connectivity index (χ1n) is 10.7. The minimum Gasteiger partial charge on any atom is -0.490 e. The lowest BCUT2D eigenvalue weighted by atomic mass is 9.91. The van der Waals surface area contributed by atoms with Crippen LogP contribution in [0.15, 0.2) is 30.3 Å². The van der Waals surface area contributed by atoms with Crippen LogP contribution in [0.2, 0.25) is 0 Å². The number of hydrogen-bond acceptors (Lipinski definition) is 3. The lowest BCUT2D eigenvalue weighted by Gasteiger charge is -2.29. The van der Waals surface area contributed by atoms with Crippen LogP contribution < -0.4 is 4.74 Å². The van der Waals surface area contributed by atoms with E-state index in [2.05, 4.69) is 6.92 Å². The van der Waals surface area contributed by atoms with E-state index in [1.54, 1.807) is 6.07 Å². The van der Waals surface area contributed by atoms with Crippen LogP contribution in [0.3, 0.4) is 0 Å².